The Morgan fingerprint density at radius 3 is 2.20 bits per heavy atom. The van der Waals surface area contributed by atoms with Crippen LogP contribution in [0.25, 0.3) is 5.76 Å². The summed E-state index contributed by atoms with van der Waals surface area (Å²) in [4.78, 5) is 39.4. The van der Waals surface area contributed by atoms with Gasteiger partial charge in [0.05, 0.1) is 24.3 Å². The summed E-state index contributed by atoms with van der Waals surface area (Å²) < 4.78 is 4.75. The van der Waals surface area contributed by atoms with Crippen LogP contribution in [0.1, 0.15) is 53.2 Å². The topological polar surface area (TPSA) is 83.9 Å². The number of aliphatic hydroxyl groups is 1. The first-order valence-electron chi connectivity index (χ1n) is 10.1. The van der Waals surface area contributed by atoms with Gasteiger partial charge in [0.1, 0.15) is 5.76 Å². The molecule has 2 aliphatic rings. The first-order chi connectivity index (χ1) is 14.5. The molecule has 0 bridgehead atoms. The van der Waals surface area contributed by atoms with Crippen molar-refractivity contribution in [1.29, 1.82) is 0 Å². The minimum absolute atomic E-state index is 0.0483. The van der Waals surface area contributed by atoms with E-state index < -0.39 is 23.7 Å². The van der Waals surface area contributed by atoms with Gasteiger partial charge in [-0.3, -0.25) is 9.59 Å². The standard InChI is InChI=1S/C24H23NO5/c1-30-24(29)17-13-11-15(12-14-17)20-19(21(26)16-7-3-2-4-8-16)22(27)23(28)25(20)18-9-5-6-10-18/h2-4,7-8,11-14,18,20,26H,5-6,9-10H2,1H3/t20-/m1/s1. The monoisotopic (exact) mass is 405 g/mol. The SMILES string of the molecule is COC(=O)c1ccc([C@@H]2C(=C(O)c3ccccc3)C(=O)C(=O)N2C2CCCC2)cc1. The van der Waals surface area contributed by atoms with Crippen molar-refractivity contribution in [3.63, 3.8) is 0 Å². The molecule has 1 N–H and O–H groups in total. The number of benzene rings is 2. The molecule has 1 aliphatic heterocycles. The fourth-order valence-corrected chi connectivity index (χ4v) is 4.41. The maximum Gasteiger partial charge on any atom is 0.337 e. The number of methoxy groups -OCH3 is 1. The Hall–Kier alpha value is -3.41. The van der Waals surface area contributed by atoms with Gasteiger partial charge in [-0.1, -0.05) is 55.3 Å². The fraction of sp³-hybridized carbons (Fsp3) is 0.292. The van der Waals surface area contributed by atoms with Gasteiger partial charge in [0.2, 0.25) is 0 Å². The quantitative estimate of drug-likeness (QED) is 0.362. The largest absolute Gasteiger partial charge is 0.507 e. The van der Waals surface area contributed by atoms with Crippen LogP contribution >= 0.6 is 0 Å². The third-order valence-electron chi connectivity index (χ3n) is 5.89. The van der Waals surface area contributed by atoms with Crippen molar-refractivity contribution in [2.75, 3.05) is 7.11 Å². The highest BCUT2D eigenvalue weighted by atomic mass is 16.5. The highest BCUT2D eigenvalue weighted by Gasteiger charge is 2.49. The van der Waals surface area contributed by atoms with Crippen LogP contribution in [0.5, 0.6) is 0 Å². The smallest absolute Gasteiger partial charge is 0.337 e. The molecule has 2 aromatic rings. The molecular formula is C24H23NO5. The van der Waals surface area contributed by atoms with E-state index in [1.807, 2.05) is 6.07 Å². The number of Topliss-reactive ketones (excluding diaryl/α,β-unsaturated/α-hetero) is 1. The molecule has 154 valence electrons. The summed E-state index contributed by atoms with van der Waals surface area (Å²) >= 11 is 0. The molecular weight excluding hydrogens is 382 g/mol. The normalized spacial score (nSPS) is 21.2. The molecule has 30 heavy (non-hydrogen) atoms. The second kappa shape index (κ2) is 8.14. The molecule has 1 atom stereocenters. The number of rotatable bonds is 4. The highest BCUT2D eigenvalue weighted by molar-refractivity contribution is 6.46. The molecule has 4 rings (SSSR count). The van der Waals surface area contributed by atoms with E-state index in [4.69, 9.17) is 4.74 Å². The predicted octanol–water partition coefficient (Wildman–Crippen LogP) is 3.84. The zero-order valence-electron chi connectivity index (χ0n) is 16.7. The zero-order chi connectivity index (χ0) is 21.3. The van der Waals surface area contributed by atoms with Gasteiger partial charge in [-0.15, -0.1) is 0 Å². The lowest BCUT2D eigenvalue weighted by Gasteiger charge is -2.30. The van der Waals surface area contributed by atoms with E-state index >= 15 is 0 Å². The summed E-state index contributed by atoms with van der Waals surface area (Å²) in [5, 5.41) is 11.0. The number of amides is 1. The van der Waals surface area contributed by atoms with Crippen LogP contribution in [-0.2, 0) is 14.3 Å². The number of hydrogen-bond acceptors (Lipinski definition) is 5. The van der Waals surface area contributed by atoms with Crippen molar-refractivity contribution in [2.45, 2.75) is 37.8 Å². The van der Waals surface area contributed by atoms with E-state index in [0.29, 0.717) is 16.7 Å². The van der Waals surface area contributed by atoms with Gasteiger partial charge in [-0.2, -0.15) is 0 Å². The predicted molar refractivity (Wildman–Crippen MR) is 111 cm³/mol. The van der Waals surface area contributed by atoms with Crippen LogP contribution < -0.4 is 0 Å². The number of carbonyl (C=O) groups excluding carboxylic acids is 3. The molecule has 6 heteroatoms. The molecule has 6 nitrogen and oxygen atoms in total. The molecule has 0 spiro atoms. The van der Waals surface area contributed by atoms with Crippen molar-refractivity contribution >= 4 is 23.4 Å². The number of likely N-dealkylation sites (tertiary alicyclic amines) is 1. The lowest BCUT2D eigenvalue weighted by atomic mass is 9.94. The van der Waals surface area contributed by atoms with Crippen LogP contribution in [0.4, 0.5) is 0 Å². The minimum Gasteiger partial charge on any atom is -0.507 e. The van der Waals surface area contributed by atoms with Crippen molar-refractivity contribution in [1.82, 2.24) is 4.90 Å². The van der Waals surface area contributed by atoms with Crippen molar-refractivity contribution in [3.8, 4) is 0 Å². The van der Waals surface area contributed by atoms with Gasteiger partial charge in [-0.05, 0) is 30.5 Å². The molecule has 0 radical (unpaired) electrons. The average molecular weight is 405 g/mol. The molecule has 1 aliphatic carbocycles. The number of hydrogen-bond donors (Lipinski definition) is 1. The maximum atomic E-state index is 13.0. The number of ether oxygens (including phenoxy) is 1. The van der Waals surface area contributed by atoms with E-state index in [2.05, 4.69) is 0 Å². The molecule has 1 amide bonds. The molecule has 1 saturated heterocycles. The van der Waals surface area contributed by atoms with Crippen LogP contribution in [-0.4, -0.2) is 40.8 Å². The zero-order valence-corrected chi connectivity index (χ0v) is 16.7. The minimum atomic E-state index is -0.694. The Morgan fingerprint density at radius 2 is 1.60 bits per heavy atom. The summed E-state index contributed by atoms with van der Waals surface area (Å²) in [7, 11) is 1.31. The summed E-state index contributed by atoms with van der Waals surface area (Å²) in [6.07, 6.45) is 3.66. The molecule has 2 fully saturated rings. The van der Waals surface area contributed by atoms with E-state index in [-0.39, 0.29) is 17.4 Å². The van der Waals surface area contributed by atoms with Crippen molar-refractivity contribution in [2.24, 2.45) is 0 Å². The Kier molecular flexibility index (Phi) is 5.40. The lowest BCUT2D eigenvalue weighted by Crippen LogP contribution is -2.37. The van der Waals surface area contributed by atoms with Crippen molar-refractivity contribution in [3.05, 3.63) is 76.9 Å². The number of nitrogens with zero attached hydrogens (tertiary/aromatic N) is 1. The molecule has 0 unspecified atom stereocenters. The maximum absolute atomic E-state index is 13.0. The van der Waals surface area contributed by atoms with Gasteiger partial charge in [0, 0.05) is 11.6 Å². The van der Waals surface area contributed by atoms with Crippen LogP contribution in [0, 0.1) is 0 Å². The first kappa shape index (κ1) is 19.9. The number of aliphatic hydroxyl groups excluding tert-OH is 1. The first-order valence-corrected chi connectivity index (χ1v) is 10.1. The highest BCUT2D eigenvalue weighted by Crippen LogP contribution is 2.43. The number of carbonyl (C=O) groups is 3. The van der Waals surface area contributed by atoms with Gasteiger partial charge in [0.25, 0.3) is 11.7 Å². The van der Waals surface area contributed by atoms with Gasteiger partial charge >= 0.3 is 5.97 Å². The lowest BCUT2D eigenvalue weighted by molar-refractivity contribution is -0.141. The summed E-state index contributed by atoms with van der Waals surface area (Å²) in [5.74, 6) is -1.90. The second-order valence-corrected chi connectivity index (χ2v) is 7.62. The van der Waals surface area contributed by atoms with Crippen LogP contribution in [0.3, 0.4) is 0 Å². The number of ketones is 1. The molecule has 2 aromatic carbocycles. The average Bonchev–Trinajstić information content (AvgIpc) is 3.40. The van der Waals surface area contributed by atoms with E-state index in [1.54, 1.807) is 53.4 Å². The summed E-state index contributed by atoms with van der Waals surface area (Å²) in [5.41, 5.74) is 1.62. The Balaban J connectivity index is 1.84. The Bertz CT molecular complexity index is 1000. The summed E-state index contributed by atoms with van der Waals surface area (Å²) in [6, 6.07) is 14.7. The molecule has 1 saturated carbocycles. The van der Waals surface area contributed by atoms with E-state index in [0.717, 1.165) is 25.7 Å². The van der Waals surface area contributed by atoms with Gasteiger partial charge < -0.3 is 14.7 Å². The van der Waals surface area contributed by atoms with Crippen LogP contribution in [0.2, 0.25) is 0 Å². The molecule has 0 aromatic heterocycles. The third kappa shape index (κ3) is 3.38. The third-order valence-corrected chi connectivity index (χ3v) is 5.89. The molecule has 1 heterocycles. The Morgan fingerprint density at radius 1 is 0.967 bits per heavy atom. The van der Waals surface area contributed by atoms with Gasteiger partial charge in [0.15, 0.2) is 0 Å². The Labute approximate surface area is 174 Å². The summed E-state index contributed by atoms with van der Waals surface area (Å²) in [6.45, 7) is 0. The van der Waals surface area contributed by atoms with Crippen LogP contribution in [0.15, 0.2) is 60.2 Å². The van der Waals surface area contributed by atoms with E-state index in [9.17, 15) is 19.5 Å². The van der Waals surface area contributed by atoms with E-state index in [1.165, 1.54) is 7.11 Å². The van der Waals surface area contributed by atoms with Crippen molar-refractivity contribution < 1.29 is 24.2 Å². The number of esters is 1. The fourth-order valence-electron chi connectivity index (χ4n) is 4.41. The van der Waals surface area contributed by atoms with Gasteiger partial charge in [-0.25, -0.2) is 4.79 Å². The second-order valence-electron chi connectivity index (χ2n) is 7.62.